The molecule has 0 aliphatic rings. The van der Waals surface area contributed by atoms with Gasteiger partial charge in [-0.25, -0.2) is 4.79 Å². The molecule has 80 valence electrons. The molecule has 0 rings (SSSR count). The molecule has 0 bridgehead atoms. The Morgan fingerprint density at radius 3 is 2.64 bits per heavy atom. The zero-order valence-corrected chi connectivity index (χ0v) is 8.94. The third kappa shape index (κ3) is 7.24. The van der Waals surface area contributed by atoms with Crippen molar-refractivity contribution in [3.8, 4) is 0 Å². The number of hydrogen-bond donors (Lipinski definition) is 1. The van der Waals surface area contributed by atoms with Crippen LogP contribution in [0.5, 0.6) is 0 Å². The van der Waals surface area contributed by atoms with E-state index >= 15 is 0 Å². The molecule has 0 spiro atoms. The number of rotatable bonds is 3. The first-order chi connectivity index (χ1) is 6.35. The maximum atomic E-state index is 11.2. The number of amides is 1. The third-order valence-corrected chi connectivity index (χ3v) is 1.18. The van der Waals surface area contributed by atoms with Crippen molar-refractivity contribution in [3.63, 3.8) is 0 Å². The molecule has 6 nitrogen and oxygen atoms in total. The molecule has 0 aliphatic heterocycles. The molecular weight excluding hydrogens is 184 g/mol. The van der Waals surface area contributed by atoms with Crippen LogP contribution in [0.15, 0.2) is 5.11 Å². The quantitative estimate of drug-likeness (QED) is 0.430. The van der Waals surface area contributed by atoms with Crippen molar-refractivity contribution < 1.29 is 9.53 Å². The lowest BCUT2D eigenvalue weighted by molar-refractivity contribution is 0.0510. The summed E-state index contributed by atoms with van der Waals surface area (Å²) in [6.45, 7) is 7.30. The van der Waals surface area contributed by atoms with E-state index in [1.54, 1.807) is 27.7 Å². The lowest BCUT2D eigenvalue weighted by atomic mass is 10.2. The van der Waals surface area contributed by atoms with Gasteiger partial charge in [-0.05, 0) is 33.2 Å². The molecule has 6 heteroatoms. The lowest BCUT2D eigenvalue weighted by Gasteiger charge is -2.21. The van der Waals surface area contributed by atoms with E-state index in [2.05, 4.69) is 15.3 Å². The van der Waals surface area contributed by atoms with Gasteiger partial charge in [0, 0.05) is 17.5 Å². The molecule has 1 amide bonds. The SMILES string of the molecule is C[C@@H](CN=[N+]=[N-])NC(=O)OC(C)(C)C. The number of nitrogens with one attached hydrogen (secondary N) is 1. The molecule has 14 heavy (non-hydrogen) atoms. The van der Waals surface area contributed by atoms with Crippen LogP contribution in [0.1, 0.15) is 27.7 Å². The summed E-state index contributed by atoms with van der Waals surface area (Å²) in [5, 5.41) is 5.88. The fraction of sp³-hybridized carbons (Fsp3) is 0.875. The molecule has 0 aromatic carbocycles. The van der Waals surface area contributed by atoms with Gasteiger partial charge in [0.2, 0.25) is 0 Å². The Bertz CT molecular complexity index is 240. The van der Waals surface area contributed by atoms with Crippen LogP contribution in [-0.4, -0.2) is 24.3 Å². The summed E-state index contributed by atoms with van der Waals surface area (Å²) in [6.07, 6.45) is -0.502. The average Bonchev–Trinajstić information content (AvgIpc) is 1.96. The van der Waals surface area contributed by atoms with E-state index in [1.807, 2.05) is 0 Å². The van der Waals surface area contributed by atoms with Gasteiger partial charge in [-0.15, -0.1) is 0 Å². The highest BCUT2D eigenvalue weighted by atomic mass is 16.6. The Balaban J connectivity index is 3.88. The predicted molar refractivity (Wildman–Crippen MR) is 52.8 cm³/mol. The van der Waals surface area contributed by atoms with Gasteiger partial charge < -0.3 is 10.1 Å². The van der Waals surface area contributed by atoms with Crippen molar-refractivity contribution in [2.24, 2.45) is 5.11 Å². The minimum absolute atomic E-state index is 0.218. The first kappa shape index (κ1) is 12.6. The second kappa shape index (κ2) is 5.34. The van der Waals surface area contributed by atoms with Crippen LogP contribution in [0.3, 0.4) is 0 Å². The van der Waals surface area contributed by atoms with Gasteiger partial charge in [-0.2, -0.15) is 0 Å². The van der Waals surface area contributed by atoms with Crippen molar-refractivity contribution >= 4 is 6.09 Å². The largest absolute Gasteiger partial charge is 0.444 e. The van der Waals surface area contributed by atoms with Gasteiger partial charge in [-0.1, -0.05) is 5.11 Å². The van der Waals surface area contributed by atoms with Crippen molar-refractivity contribution in [1.82, 2.24) is 5.32 Å². The molecule has 0 aromatic rings. The number of carbonyl (C=O) groups excluding carboxylic acids is 1. The van der Waals surface area contributed by atoms with E-state index in [-0.39, 0.29) is 12.6 Å². The second-order valence-electron chi connectivity index (χ2n) is 3.96. The number of azide groups is 1. The highest BCUT2D eigenvalue weighted by Gasteiger charge is 2.17. The van der Waals surface area contributed by atoms with Gasteiger partial charge in [0.1, 0.15) is 5.60 Å². The van der Waals surface area contributed by atoms with Crippen LogP contribution >= 0.6 is 0 Å². The van der Waals surface area contributed by atoms with E-state index < -0.39 is 11.7 Å². The van der Waals surface area contributed by atoms with Gasteiger partial charge in [0.25, 0.3) is 0 Å². The van der Waals surface area contributed by atoms with Gasteiger partial charge >= 0.3 is 6.09 Å². The Labute approximate surface area is 83.3 Å². The Morgan fingerprint density at radius 2 is 2.21 bits per heavy atom. The number of ether oxygens (including phenoxy) is 1. The highest BCUT2D eigenvalue weighted by Crippen LogP contribution is 2.06. The zero-order valence-electron chi connectivity index (χ0n) is 8.94. The summed E-state index contributed by atoms with van der Waals surface area (Å²) in [5.41, 5.74) is 7.54. The Morgan fingerprint density at radius 1 is 1.64 bits per heavy atom. The summed E-state index contributed by atoms with van der Waals surface area (Å²) in [4.78, 5) is 13.8. The normalized spacial score (nSPS) is 12.6. The minimum Gasteiger partial charge on any atom is -0.444 e. The van der Waals surface area contributed by atoms with Gasteiger partial charge in [-0.3, -0.25) is 0 Å². The molecule has 0 aromatic heterocycles. The number of nitrogens with zero attached hydrogens (tertiary/aromatic N) is 3. The Hall–Kier alpha value is -1.42. The summed E-state index contributed by atoms with van der Waals surface area (Å²) >= 11 is 0. The average molecular weight is 200 g/mol. The van der Waals surface area contributed by atoms with Crippen molar-refractivity contribution in [1.29, 1.82) is 0 Å². The van der Waals surface area contributed by atoms with Crippen molar-refractivity contribution in [3.05, 3.63) is 10.4 Å². The van der Waals surface area contributed by atoms with E-state index in [4.69, 9.17) is 10.3 Å². The zero-order chi connectivity index (χ0) is 11.2. The van der Waals surface area contributed by atoms with E-state index in [9.17, 15) is 4.79 Å². The Kier molecular flexibility index (Phi) is 4.80. The summed E-state index contributed by atoms with van der Waals surface area (Å²) in [7, 11) is 0. The van der Waals surface area contributed by atoms with E-state index in [1.165, 1.54) is 0 Å². The standard InChI is InChI=1S/C8H16N4O2/c1-6(5-10-12-9)11-7(13)14-8(2,3)4/h6H,5H2,1-4H3,(H,11,13)/t6-/m0/s1. The monoisotopic (exact) mass is 200 g/mol. The van der Waals surface area contributed by atoms with E-state index in [0.29, 0.717) is 0 Å². The highest BCUT2D eigenvalue weighted by molar-refractivity contribution is 5.68. The molecule has 0 saturated heterocycles. The summed E-state index contributed by atoms with van der Waals surface area (Å²) in [6, 6.07) is -0.222. The third-order valence-electron chi connectivity index (χ3n) is 1.18. The maximum Gasteiger partial charge on any atom is 0.407 e. The molecular formula is C8H16N4O2. The van der Waals surface area contributed by atoms with Crippen LogP contribution < -0.4 is 5.32 Å². The van der Waals surface area contributed by atoms with Crippen molar-refractivity contribution in [2.75, 3.05) is 6.54 Å². The smallest absolute Gasteiger partial charge is 0.407 e. The van der Waals surface area contributed by atoms with Gasteiger partial charge in [0.15, 0.2) is 0 Å². The lowest BCUT2D eigenvalue weighted by Crippen LogP contribution is -2.38. The van der Waals surface area contributed by atoms with Crippen molar-refractivity contribution in [2.45, 2.75) is 39.3 Å². The fourth-order valence-corrected chi connectivity index (χ4v) is 0.713. The topological polar surface area (TPSA) is 87.1 Å². The van der Waals surface area contributed by atoms with Gasteiger partial charge in [0.05, 0.1) is 0 Å². The van der Waals surface area contributed by atoms with Crippen LogP contribution in [-0.2, 0) is 4.74 Å². The maximum absolute atomic E-state index is 11.2. The second-order valence-corrected chi connectivity index (χ2v) is 3.96. The predicted octanol–water partition coefficient (Wildman–Crippen LogP) is 2.21. The number of hydrogen-bond acceptors (Lipinski definition) is 3. The first-order valence-corrected chi connectivity index (χ1v) is 4.35. The molecule has 0 saturated carbocycles. The van der Waals surface area contributed by atoms with Crippen LogP contribution in [0, 0.1) is 0 Å². The molecule has 0 fully saturated rings. The van der Waals surface area contributed by atoms with Crippen LogP contribution in [0.4, 0.5) is 4.79 Å². The molecule has 0 heterocycles. The van der Waals surface area contributed by atoms with Crippen LogP contribution in [0.25, 0.3) is 10.4 Å². The number of carbonyl (C=O) groups is 1. The molecule has 0 aliphatic carbocycles. The minimum atomic E-state index is -0.512. The molecule has 1 N–H and O–H groups in total. The molecule has 1 atom stereocenters. The molecule has 0 unspecified atom stereocenters. The molecule has 0 radical (unpaired) electrons. The van der Waals surface area contributed by atoms with E-state index in [0.717, 1.165) is 0 Å². The first-order valence-electron chi connectivity index (χ1n) is 4.35. The summed E-state index contributed by atoms with van der Waals surface area (Å²) in [5.74, 6) is 0. The number of alkyl carbamates (subject to hydrolysis) is 1. The summed E-state index contributed by atoms with van der Waals surface area (Å²) < 4.78 is 5.00. The van der Waals surface area contributed by atoms with Crippen LogP contribution in [0.2, 0.25) is 0 Å². The fourth-order valence-electron chi connectivity index (χ4n) is 0.713.